The number of rotatable bonds is 2. The topological polar surface area (TPSA) is 74.6 Å². The first kappa shape index (κ1) is 9.51. The second-order valence-corrected chi connectivity index (χ2v) is 2.91. The molecule has 1 atom stereocenters. The van der Waals surface area contributed by atoms with Crippen LogP contribution in [0.25, 0.3) is 0 Å². The standard InChI is InChI=1S/C9H10O4/c1-5-6(8(10)11)3-2-4-7(5)9(12)13/h2-3,6H,4H2,1H3,(H,10,11)(H,12,13). The van der Waals surface area contributed by atoms with Crippen molar-refractivity contribution in [3.8, 4) is 0 Å². The number of carbonyl (C=O) groups is 2. The monoisotopic (exact) mass is 182 g/mol. The molecule has 0 fully saturated rings. The number of hydrogen-bond donors (Lipinski definition) is 2. The van der Waals surface area contributed by atoms with Crippen molar-refractivity contribution in [2.45, 2.75) is 13.3 Å². The largest absolute Gasteiger partial charge is 0.481 e. The molecule has 0 aromatic heterocycles. The Balaban J connectivity index is 3.03. The van der Waals surface area contributed by atoms with Crippen molar-refractivity contribution in [3.63, 3.8) is 0 Å². The summed E-state index contributed by atoms with van der Waals surface area (Å²) in [6.45, 7) is 1.55. The summed E-state index contributed by atoms with van der Waals surface area (Å²) in [7, 11) is 0. The Labute approximate surface area is 75.2 Å². The molecular weight excluding hydrogens is 172 g/mol. The van der Waals surface area contributed by atoms with E-state index in [-0.39, 0.29) is 5.57 Å². The van der Waals surface area contributed by atoms with Crippen LogP contribution in [-0.2, 0) is 9.59 Å². The maximum atomic E-state index is 10.7. The Kier molecular flexibility index (Phi) is 2.51. The van der Waals surface area contributed by atoms with Crippen LogP contribution in [0.15, 0.2) is 23.3 Å². The summed E-state index contributed by atoms with van der Waals surface area (Å²) < 4.78 is 0. The Morgan fingerprint density at radius 1 is 1.46 bits per heavy atom. The number of carboxylic acids is 2. The SMILES string of the molecule is CC1=C(C(=O)O)CC=CC1C(=O)O. The van der Waals surface area contributed by atoms with E-state index < -0.39 is 17.9 Å². The third-order valence-corrected chi connectivity index (χ3v) is 2.12. The molecule has 0 radical (unpaired) electrons. The van der Waals surface area contributed by atoms with E-state index in [9.17, 15) is 9.59 Å². The normalized spacial score (nSPS) is 21.8. The minimum Gasteiger partial charge on any atom is -0.481 e. The average molecular weight is 182 g/mol. The maximum Gasteiger partial charge on any atom is 0.331 e. The average Bonchev–Trinajstić information content (AvgIpc) is 2.03. The summed E-state index contributed by atoms with van der Waals surface area (Å²) in [5, 5.41) is 17.5. The van der Waals surface area contributed by atoms with Gasteiger partial charge in [0.15, 0.2) is 0 Å². The summed E-state index contributed by atoms with van der Waals surface area (Å²) in [5.74, 6) is -2.82. The molecule has 0 aromatic carbocycles. The summed E-state index contributed by atoms with van der Waals surface area (Å²) >= 11 is 0. The van der Waals surface area contributed by atoms with Gasteiger partial charge in [0.2, 0.25) is 0 Å². The molecule has 1 rings (SSSR count). The molecule has 0 heterocycles. The summed E-state index contributed by atoms with van der Waals surface area (Å²) in [6, 6.07) is 0. The van der Waals surface area contributed by atoms with Crippen LogP contribution in [-0.4, -0.2) is 22.2 Å². The minimum atomic E-state index is -1.03. The van der Waals surface area contributed by atoms with E-state index in [1.165, 1.54) is 6.08 Å². The Bertz CT molecular complexity index is 312. The lowest BCUT2D eigenvalue weighted by molar-refractivity contribution is -0.138. The van der Waals surface area contributed by atoms with Gasteiger partial charge in [-0.1, -0.05) is 12.2 Å². The Morgan fingerprint density at radius 2 is 2.08 bits per heavy atom. The van der Waals surface area contributed by atoms with Gasteiger partial charge in [-0.25, -0.2) is 4.79 Å². The number of carboxylic acid groups (broad SMARTS) is 2. The van der Waals surface area contributed by atoms with Gasteiger partial charge >= 0.3 is 11.9 Å². The van der Waals surface area contributed by atoms with Gasteiger partial charge in [0, 0.05) is 5.57 Å². The summed E-state index contributed by atoms with van der Waals surface area (Å²) in [4.78, 5) is 21.3. The van der Waals surface area contributed by atoms with Gasteiger partial charge < -0.3 is 10.2 Å². The first-order valence-corrected chi connectivity index (χ1v) is 3.86. The minimum absolute atomic E-state index is 0.190. The Hall–Kier alpha value is -1.58. The van der Waals surface area contributed by atoms with E-state index in [1.807, 2.05) is 0 Å². The fraction of sp³-hybridized carbons (Fsp3) is 0.333. The van der Waals surface area contributed by atoms with E-state index in [1.54, 1.807) is 13.0 Å². The zero-order valence-electron chi connectivity index (χ0n) is 7.15. The third-order valence-electron chi connectivity index (χ3n) is 2.12. The molecule has 1 aliphatic carbocycles. The van der Waals surface area contributed by atoms with E-state index in [4.69, 9.17) is 10.2 Å². The quantitative estimate of drug-likeness (QED) is 0.626. The van der Waals surface area contributed by atoms with Crippen LogP contribution in [0.3, 0.4) is 0 Å². The molecule has 4 heteroatoms. The van der Waals surface area contributed by atoms with E-state index in [2.05, 4.69) is 0 Å². The van der Waals surface area contributed by atoms with E-state index in [0.717, 1.165) is 0 Å². The zero-order chi connectivity index (χ0) is 10.0. The molecule has 13 heavy (non-hydrogen) atoms. The van der Waals surface area contributed by atoms with Crippen molar-refractivity contribution in [2.75, 3.05) is 0 Å². The van der Waals surface area contributed by atoms with Gasteiger partial charge in [-0.15, -0.1) is 0 Å². The molecule has 0 amide bonds. The smallest absolute Gasteiger partial charge is 0.331 e. The van der Waals surface area contributed by atoms with Crippen molar-refractivity contribution in [2.24, 2.45) is 5.92 Å². The van der Waals surface area contributed by atoms with Crippen molar-refractivity contribution in [3.05, 3.63) is 23.3 Å². The maximum absolute atomic E-state index is 10.7. The molecule has 1 unspecified atom stereocenters. The molecule has 70 valence electrons. The zero-order valence-corrected chi connectivity index (χ0v) is 7.15. The molecule has 1 aliphatic rings. The predicted octanol–water partition coefficient (Wildman–Crippen LogP) is 1.05. The van der Waals surface area contributed by atoms with Crippen LogP contribution in [0.1, 0.15) is 13.3 Å². The fourth-order valence-electron chi connectivity index (χ4n) is 1.34. The third kappa shape index (κ3) is 1.77. The molecule has 0 saturated heterocycles. The number of aliphatic carboxylic acids is 2. The van der Waals surface area contributed by atoms with Crippen LogP contribution in [0.5, 0.6) is 0 Å². The highest BCUT2D eigenvalue weighted by molar-refractivity contribution is 5.90. The first-order valence-electron chi connectivity index (χ1n) is 3.86. The van der Waals surface area contributed by atoms with Gasteiger partial charge in [0.1, 0.15) is 0 Å². The van der Waals surface area contributed by atoms with Crippen molar-refractivity contribution in [1.82, 2.24) is 0 Å². The fourth-order valence-corrected chi connectivity index (χ4v) is 1.34. The van der Waals surface area contributed by atoms with Crippen LogP contribution < -0.4 is 0 Å². The van der Waals surface area contributed by atoms with Crippen molar-refractivity contribution in [1.29, 1.82) is 0 Å². The number of allylic oxidation sites excluding steroid dienone is 1. The van der Waals surface area contributed by atoms with Gasteiger partial charge in [0.25, 0.3) is 0 Å². The molecule has 0 saturated carbocycles. The van der Waals surface area contributed by atoms with Crippen molar-refractivity contribution < 1.29 is 19.8 Å². The molecule has 2 N–H and O–H groups in total. The van der Waals surface area contributed by atoms with E-state index in [0.29, 0.717) is 12.0 Å². The van der Waals surface area contributed by atoms with Gasteiger partial charge in [-0.2, -0.15) is 0 Å². The molecule has 0 spiro atoms. The van der Waals surface area contributed by atoms with Crippen LogP contribution >= 0.6 is 0 Å². The molecular formula is C9H10O4. The second kappa shape index (κ2) is 3.43. The van der Waals surface area contributed by atoms with Gasteiger partial charge in [-0.05, 0) is 18.9 Å². The lowest BCUT2D eigenvalue weighted by Crippen LogP contribution is -2.18. The predicted molar refractivity (Wildman–Crippen MR) is 45.2 cm³/mol. The molecule has 0 bridgehead atoms. The highest BCUT2D eigenvalue weighted by Gasteiger charge is 2.24. The number of hydrogen-bond acceptors (Lipinski definition) is 2. The molecule has 0 aliphatic heterocycles. The highest BCUT2D eigenvalue weighted by Crippen LogP contribution is 2.24. The second-order valence-electron chi connectivity index (χ2n) is 2.91. The molecule has 0 aromatic rings. The first-order chi connectivity index (χ1) is 6.04. The van der Waals surface area contributed by atoms with Crippen LogP contribution in [0.4, 0.5) is 0 Å². The highest BCUT2D eigenvalue weighted by atomic mass is 16.4. The molecule has 4 nitrogen and oxygen atoms in total. The van der Waals surface area contributed by atoms with Crippen LogP contribution in [0.2, 0.25) is 0 Å². The van der Waals surface area contributed by atoms with Crippen molar-refractivity contribution >= 4 is 11.9 Å². The lowest BCUT2D eigenvalue weighted by atomic mass is 9.89. The lowest BCUT2D eigenvalue weighted by Gasteiger charge is -2.15. The van der Waals surface area contributed by atoms with Crippen LogP contribution in [0, 0.1) is 5.92 Å². The van der Waals surface area contributed by atoms with Gasteiger partial charge in [0.05, 0.1) is 5.92 Å². The van der Waals surface area contributed by atoms with E-state index >= 15 is 0 Å². The summed E-state index contributed by atoms with van der Waals surface area (Å²) in [5.41, 5.74) is 0.609. The van der Waals surface area contributed by atoms with Gasteiger partial charge in [-0.3, -0.25) is 4.79 Å². The Morgan fingerprint density at radius 3 is 2.54 bits per heavy atom. The summed E-state index contributed by atoms with van der Waals surface area (Å²) in [6.07, 6.45) is 3.41.